The van der Waals surface area contributed by atoms with Crippen LogP contribution in [-0.2, 0) is 15.3 Å². The highest BCUT2D eigenvalue weighted by Crippen LogP contribution is 2.50. The molecule has 0 radical (unpaired) electrons. The summed E-state index contributed by atoms with van der Waals surface area (Å²) in [5.41, 5.74) is 3.92. The SMILES string of the molecule is O=C1CCC2(c3ccc(-c4ccccc4)cc3)OCC(c3ccccc3)N12. The molecule has 0 saturated carbocycles. The quantitative estimate of drug-likeness (QED) is 0.669. The first-order valence-electron chi connectivity index (χ1n) is 9.45. The Bertz CT molecular complexity index is 953. The second-order valence-corrected chi connectivity index (χ2v) is 7.23. The lowest BCUT2D eigenvalue weighted by Crippen LogP contribution is -2.40. The number of rotatable bonds is 3. The monoisotopic (exact) mass is 355 g/mol. The van der Waals surface area contributed by atoms with E-state index in [1.165, 1.54) is 11.1 Å². The Hall–Kier alpha value is -2.91. The Balaban J connectivity index is 1.51. The number of carbonyl (C=O) groups excluding carboxylic acids is 1. The number of fused-ring (bicyclic) bond motifs is 1. The predicted molar refractivity (Wildman–Crippen MR) is 105 cm³/mol. The lowest BCUT2D eigenvalue weighted by molar-refractivity contribution is -0.139. The molecular weight excluding hydrogens is 334 g/mol. The fraction of sp³-hybridized carbons (Fsp3) is 0.208. The van der Waals surface area contributed by atoms with Gasteiger partial charge < -0.3 is 9.64 Å². The van der Waals surface area contributed by atoms with Gasteiger partial charge in [0.25, 0.3) is 0 Å². The molecule has 0 aromatic heterocycles. The van der Waals surface area contributed by atoms with E-state index in [4.69, 9.17) is 4.74 Å². The highest BCUT2D eigenvalue weighted by atomic mass is 16.5. The summed E-state index contributed by atoms with van der Waals surface area (Å²) in [5, 5.41) is 0. The van der Waals surface area contributed by atoms with E-state index in [9.17, 15) is 4.79 Å². The lowest BCUT2D eigenvalue weighted by Gasteiger charge is -2.33. The molecule has 2 heterocycles. The molecule has 3 aromatic carbocycles. The minimum Gasteiger partial charge on any atom is -0.349 e. The molecule has 0 spiro atoms. The Morgan fingerprint density at radius 1 is 0.815 bits per heavy atom. The highest BCUT2D eigenvalue weighted by Gasteiger charge is 2.55. The number of hydrogen-bond acceptors (Lipinski definition) is 2. The molecule has 0 N–H and O–H groups in total. The van der Waals surface area contributed by atoms with Crippen LogP contribution in [0.4, 0.5) is 0 Å². The van der Waals surface area contributed by atoms with Crippen molar-refractivity contribution in [3.8, 4) is 11.1 Å². The van der Waals surface area contributed by atoms with Crippen LogP contribution in [-0.4, -0.2) is 17.4 Å². The van der Waals surface area contributed by atoms with Crippen molar-refractivity contribution in [1.29, 1.82) is 0 Å². The van der Waals surface area contributed by atoms with Gasteiger partial charge in [-0.3, -0.25) is 4.79 Å². The van der Waals surface area contributed by atoms with Crippen molar-refractivity contribution in [1.82, 2.24) is 4.90 Å². The molecule has 2 unspecified atom stereocenters. The minimum atomic E-state index is -0.632. The van der Waals surface area contributed by atoms with Crippen molar-refractivity contribution in [2.45, 2.75) is 24.6 Å². The summed E-state index contributed by atoms with van der Waals surface area (Å²) in [6, 6.07) is 29.0. The van der Waals surface area contributed by atoms with Crippen LogP contribution in [0.3, 0.4) is 0 Å². The number of hydrogen-bond donors (Lipinski definition) is 0. The van der Waals surface area contributed by atoms with Crippen LogP contribution in [0.2, 0.25) is 0 Å². The van der Waals surface area contributed by atoms with Crippen molar-refractivity contribution in [2.24, 2.45) is 0 Å². The van der Waals surface area contributed by atoms with Gasteiger partial charge in [-0.2, -0.15) is 0 Å². The molecular formula is C24H21NO2. The topological polar surface area (TPSA) is 29.5 Å². The first kappa shape index (κ1) is 16.3. The maximum absolute atomic E-state index is 12.8. The van der Waals surface area contributed by atoms with Crippen LogP contribution in [0.15, 0.2) is 84.9 Å². The summed E-state index contributed by atoms with van der Waals surface area (Å²) in [7, 11) is 0. The summed E-state index contributed by atoms with van der Waals surface area (Å²) in [6.07, 6.45) is 1.24. The van der Waals surface area contributed by atoms with Crippen LogP contribution < -0.4 is 0 Å². The summed E-state index contributed by atoms with van der Waals surface area (Å²) in [4.78, 5) is 14.7. The zero-order valence-electron chi connectivity index (χ0n) is 15.0. The fourth-order valence-electron chi connectivity index (χ4n) is 4.42. The minimum absolute atomic E-state index is 0.0185. The number of nitrogens with zero attached hydrogens (tertiary/aromatic N) is 1. The third-order valence-corrected chi connectivity index (χ3v) is 5.75. The molecule has 3 heteroatoms. The third kappa shape index (κ3) is 2.58. The van der Waals surface area contributed by atoms with Gasteiger partial charge in [-0.1, -0.05) is 84.9 Å². The van der Waals surface area contributed by atoms with Crippen LogP contribution in [0, 0.1) is 0 Å². The largest absolute Gasteiger partial charge is 0.349 e. The van der Waals surface area contributed by atoms with E-state index in [1.54, 1.807) is 0 Å². The molecule has 27 heavy (non-hydrogen) atoms. The van der Waals surface area contributed by atoms with Gasteiger partial charge in [0, 0.05) is 18.4 Å². The number of carbonyl (C=O) groups is 1. The highest BCUT2D eigenvalue weighted by molar-refractivity contribution is 5.81. The average Bonchev–Trinajstić information content (AvgIpc) is 3.29. The van der Waals surface area contributed by atoms with Crippen molar-refractivity contribution in [3.63, 3.8) is 0 Å². The van der Waals surface area contributed by atoms with E-state index in [2.05, 4.69) is 48.5 Å². The summed E-state index contributed by atoms with van der Waals surface area (Å²) in [5.74, 6) is 0.175. The van der Waals surface area contributed by atoms with Gasteiger partial charge in [-0.25, -0.2) is 0 Å². The Morgan fingerprint density at radius 2 is 1.44 bits per heavy atom. The van der Waals surface area contributed by atoms with E-state index in [0.717, 1.165) is 11.1 Å². The first-order chi connectivity index (χ1) is 13.3. The lowest BCUT2D eigenvalue weighted by atomic mass is 9.96. The molecule has 3 nitrogen and oxygen atoms in total. The molecule has 1 amide bonds. The second-order valence-electron chi connectivity index (χ2n) is 7.23. The van der Waals surface area contributed by atoms with Gasteiger partial charge in [0.05, 0.1) is 12.6 Å². The summed E-state index contributed by atoms with van der Waals surface area (Å²) in [6.45, 7) is 0.538. The standard InChI is InChI=1S/C24H21NO2/c26-23-15-16-24(25(23)22(17-27-24)20-9-5-2-6-10-20)21-13-11-19(12-14-21)18-7-3-1-4-8-18/h1-14,22H,15-17H2. The number of ether oxygens (including phenoxy) is 1. The van der Waals surface area contributed by atoms with Gasteiger partial charge >= 0.3 is 0 Å². The summed E-state index contributed by atoms with van der Waals surface area (Å²) >= 11 is 0. The molecule has 3 aromatic rings. The Labute approximate surface area is 159 Å². The molecule has 134 valence electrons. The smallest absolute Gasteiger partial charge is 0.225 e. The zero-order chi connectivity index (χ0) is 18.3. The van der Waals surface area contributed by atoms with Crippen LogP contribution in [0.1, 0.15) is 30.0 Å². The molecule has 2 fully saturated rings. The van der Waals surface area contributed by atoms with Gasteiger partial charge in [0.1, 0.15) is 0 Å². The van der Waals surface area contributed by atoms with E-state index in [0.29, 0.717) is 19.4 Å². The Morgan fingerprint density at radius 3 is 2.15 bits per heavy atom. The van der Waals surface area contributed by atoms with E-state index >= 15 is 0 Å². The van der Waals surface area contributed by atoms with Crippen LogP contribution in [0.5, 0.6) is 0 Å². The van der Waals surface area contributed by atoms with E-state index in [1.807, 2.05) is 41.3 Å². The van der Waals surface area contributed by atoms with Gasteiger partial charge in [-0.05, 0) is 16.7 Å². The molecule has 5 rings (SSSR count). The van der Waals surface area contributed by atoms with E-state index < -0.39 is 5.72 Å². The van der Waals surface area contributed by atoms with Crippen molar-refractivity contribution >= 4 is 5.91 Å². The molecule has 2 aliphatic rings. The summed E-state index contributed by atoms with van der Waals surface area (Å²) < 4.78 is 6.34. The second kappa shape index (κ2) is 6.36. The van der Waals surface area contributed by atoms with Gasteiger partial charge in [-0.15, -0.1) is 0 Å². The zero-order valence-corrected chi connectivity index (χ0v) is 15.0. The van der Waals surface area contributed by atoms with Crippen molar-refractivity contribution in [3.05, 3.63) is 96.1 Å². The number of benzene rings is 3. The maximum Gasteiger partial charge on any atom is 0.225 e. The maximum atomic E-state index is 12.8. The Kier molecular flexibility index (Phi) is 3.83. The normalized spacial score (nSPS) is 24.2. The molecule has 0 aliphatic carbocycles. The van der Waals surface area contributed by atoms with Crippen molar-refractivity contribution in [2.75, 3.05) is 6.61 Å². The fourth-order valence-corrected chi connectivity index (χ4v) is 4.42. The predicted octanol–water partition coefficient (Wildman–Crippen LogP) is 4.90. The van der Waals surface area contributed by atoms with E-state index in [-0.39, 0.29) is 11.9 Å². The van der Waals surface area contributed by atoms with Gasteiger partial charge in [0.15, 0.2) is 5.72 Å². The number of amides is 1. The average molecular weight is 355 g/mol. The van der Waals surface area contributed by atoms with Crippen molar-refractivity contribution < 1.29 is 9.53 Å². The molecule has 2 aliphatic heterocycles. The third-order valence-electron chi connectivity index (χ3n) is 5.75. The van der Waals surface area contributed by atoms with Crippen LogP contribution in [0.25, 0.3) is 11.1 Å². The first-order valence-corrected chi connectivity index (χ1v) is 9.45. The molecule has 0 bridgehead atoms. The molecule has 2 atom stereocenters. The van der Waals surface area contributed by atoms with Gasteiger partial charge in [0.2, 0.25) is 5.91 Å². The van der Waals surface area contributed by atoms with Crippen LogP contribution >= 0.6 is 0 Å². The molecule has 2 saturated heterocycles.